The molecule has 0 unspecified atom stereocenters. The highest BCUT2D eigenvalue weighted by molar-refractivity contribution is 6.31. The number of hydrogen-bond acceptors (Lipinski definition) is 2. The maximum absolute atomic E-state index is 6.27. The minimum absolute atomic E-state index is 0.701. The Labute approximate surface area is 124 Å². The van der Waals surface area contributed by atoms with Crippen molar-refractivity contribution in [3.05, 3.63) is 45.7 Å². The molecule has 0 radical (unpaired) electrons. The van der Waals surface area contributed by atoms with Gasteiger partial charge in [0.05, 0.1) is 22.1 Å². The molecule has 1 fully saturated rings. The van der Waals surface area contributed by atoms with Gasteiger partial charge in [-0.25, -0.2) is 4.68 Å². The maximum Gasteiger partial charge on any atom is 0.0848 e. The van der Waals surface area contributed by atoms with Crippen LogP contribution in [0, 0.1) is 20.8 Å². The van der Waals surface area contributed by atoms with Gasteiger partial charge in [-0.2, -0.15) is 5.10 Å². The smallest absolute Gasteiger partial charge is 0.0848 e. The first-order valence-electron chi connectivity index (χ1n) is 7.11. The first-order chi connectivity index (χ1) is 9.56. The molecule has 1 heterocycles. The van der Waals surface area contributed by atoms with Crippen molar-refractivity contribution in [2.24, 2.45) is 0 Å². The molecule has 1 saturated carbocycles. The third-order valence-corrected chi connectivity index (χ3v) is 4.37. The zero-order chi connectivity index (χ0) is 14.3. The summed E-state index contributed by atoms with van der Waals surface area (Å²) in [5.74, 6) is 0. The van der Waals surface area contributed by atoms with Crippen LogP contribution in [0.4, 0.5) is 0 Å². The molecule has 0 aliphatic heterocycles. The first-order valence-corrected chi connectivity index (χ1v) is 7.49. The second-order valence-electron chi connectivity index (χ2n) is 5.68. The fraction of sp³-hybridized carbons (Fsp3) is 0.438. The van der Waals surface area contributed by atoms with Crippen molar-refractivity contribution in [1.29, 1.82) is 0 Å². The highest BCUT2D eigenvalue weighted by atomic mass is 35.5. The van der Waals surface area contributed by atoms with Crippen molar-refractivity contribution in [2.75, 3.05) is 0 Å². The first kappa shape index (κ1) is 13.7. The van der Waals surface area contributed by atoms with Gasteiger partial charge in [0.1, 0.15) is 0 Å². The molecule has 1 aromatic heterocycles. The largest absolute Gasteiger partial charge is 0.310 e. The quantitative estimate of drug-likeness (QED) is 0.930. The van der Waals surface area contributed by atoms with E-state index in [-0.39, 0.29) is 0 Å². The van der Waals surface area contributed by atoms with Gasteiger partial charge in [-0.1, -0.05) is 29.3 Å². The number of nitrogens with zero attached hydrogens (tertiary/aromatic N) is 2. The molecule has 20 heavy (non-hydrogen) atoms. The van der Waals surface area contributed by atoms with Crippen molar-refractivity contribution in [1.82, 2.24) is 15.1 Å². The van der Waals surface area contributed by atoms with Crippen LogP contribution in [0.3, 0.4) is 0 Å². The van der Waals surface area contributed by atoms with E-state index in [4.69, 9.17) is 11.6 Å². The lowest BCUT2D eigenvalue weighted by Crippen LogP contribution is -2.17. The molecule has 1 aliphatic carbocycles. The molecule has 0 atom stereocenters. The Morgan fingerprint density at radius 2 is 2.05 bits per heavy atom. The molecule has 3 nitrogen and oxygen atoms in total. The molecule has 0 saturated heterocycles. The Bertz CT molecular complexity index is 641. The van der Waals surface area contributed by atoms with E-state index >= 15 is 0 Å². The molecule has 1 aliphatic rings. The summed E-state index contributed by atoms with van der Waals surface area (Å²) in [5, 5.41) is 8.90. The lowest BCUT2D eigenvalue weighted by molar-refractivity contribution is 0.679. The summed E-state index contributed by atoms with van der Waals surface area (Å²) in [6.07, 6.45) is 2.60. The van der Waals surface area contributed by atoms with E-state index in [1.165, 1.54) is 24.0 Å². The van der Waals surface area contributed by atoms with Gasteiger partial charge in [0, 0.05) is 12.6 Å². The Morgan fingerprint density at radius 3 is 2.65 bits per heavy atom. The number of rotatable bonds is 4. The van der Waals surface area contributed by atoms with Gasteiger partial charge in [0.2, 0.25) is 0 Å². The van der Waals surface area contributed by atoms with Gasteiger partial charge in [-0.05, 0) is 45.2 Å². The topological polar surface area (TPSA) is 29.9 Å². The summed E-state index contributed by atoms with van der Waals surface area (Å²) in [5.41, 5.74) is 5.55. The Balaban J connectivity index is 2.00. The van der Waals surface area contributed by atoms with Crippen LogP contribution >= 0.6 is 11.6 Å². The van der Waals surface area contributed by atoms with E-state index in [1.54, 1.807) is 0 Å². The normalized spacial score (nSPS) is 14.8. The van der Waals surface area contributed by atoms with Gasteiger partial charge >= 0.3 is 0 Å². The average Bonchev–Trinajstić information content (AvgIpc) is 3.21. The predicted molar refractivity (Wildman–Crippen MR) is 82.6 cm³/mol. The summed E-state index contributed by atoms with van der Waals surface area (Å²) >= 11 is 6.27. The second-order valence-corrected chi connectivity index (χ2v) is 6.06. The van der Waals surface area contributed by atoms with E-state index < -0.39 is 0 Å². The van der Waals surface area contributed by atoms with Gasteiger partial charge in [-0.15, -0.1) is 0 Å². The number of aryl methyl sites for hydroxylation is 2. The number of benzene rings is 1. The minimum atomic E-state index is 0.701. The van der Waals surface area contributed by atoms with Crippen LogP contribution in [0.2, 0.25) is 5.02 Å². The van der Waals surface area contributed by atoms with E-state index in [9.17, 15) is 0 Å². The SMILES string of the molecule is Cc1ccc(-n2nc(C)c(Cl)c2C)c(CNC2CC2)c1. The van der Waals surface area contributed by atoms with Crippen molar-refractivity contribution in [2.45, 2.75) is 46.2 Å². The van der Waals surface area contributed by atoms with Gasteiger partial charge < -0.3 is 5.32 Å². The molecular weight excluding hydrogens is 270 g/mol. The van der Waals surface area contributed by atoms with Crippen molar-refractivity contribution in [3.8, 4) is 5.69 Å². The van der Waals surface area contributed by atoms with E-state index in [2.05, 4.69) is 35.5 Å². The number of halogens is 1. The monoisotopic (exact) mass is 289 g/mol. The Morgan fingerprint density at radius 1 is 1.30 bits per heavy atom. The molecule has 0 spiro atoms. The lowest BCUT2D eigenvalue weighted by atomic mass is 10.1. The molecular formula is C16H20ClN3. The van der Waals surface area contributed by atoms with E-state index in [1.807, 2.05) is 18.5 Å². The number of nitrogens with one attached hydrogen (secondary N) is 1. The van der Waals surface area contributed by atoms with Crippen LogP contribution < -0.4 is 5.32 Å². The average molecular weight is 290 g/mol. The summed E-state index contributed by atoms with van der Waals surface area (Å²) in [7, 11) is 0. The van der Waals surface area contributed by atoms with Crippen LogP contribution in [-0.4, -0.2) is 15.8 Å². The molecule has 3 rings (SSSR count). The van der Waals surface area contributed by atoms with Gasteiger partial charge in [0.25, 0.3) is 0 Å². The van der Waals surface area contributed by atoms with Crippen molar-refractivity contribution in [3.63, 3.8) is 0 Å². The van der Waals surface area contributed by atoms with Crippen molar-refractivity contribution >= 4 is 11.6 Å². The van der Waals surface area contributed by atoms with Gasteiger partial charge in [0.15, 0.2) is 0 Å². The molecule has 1 aromatic carbocycles. The molecule has 0 amide bonds. The van der Waals surface area contributed by atoms with E-state index in [0.29, 0.717) is 6.04 Å². The van der Waals surface area contributed by atoms with Crippen LogP contribution in [0.15, 0.2) is 18.2 Å². The van der Waals surface area contributed by atoms with Crippen molar-refractivity contribution < 1.29 is 0 Å². The van der Waals surface area contributed by atoms with E-state index in [0.717, 1.165) is 28.6 Å². The lowest BCUT2D eigenvalue weighted by Gasteiger charge is -2.13. The molecule has 0 bridgehead atoms. The Kier molecular flexibility index (Phi) is 3.57. The van der Waals surface area contributed by atoms with Crippen LogP contribution in [0.5, 0.6) is 0 Å². The highest BCUT2D eigenvalue weighted by Gasteiger charge is 2.21. The predicted octanol–water partition coefficient (Wildman–Crippen LogP) is 3.70. The van der Waals surface area contributed by atoms with Crippen LogP contribution in [0.1, 0.15) is 35.4 Å². The van der Waals surface area contributed by atoms with Crippen LogP contribution in [0.25, 0.3) is 5.69 Å². The minimum Gasteiger partial charge on any atom is -0.310 e. The summed E-state index contributed by atoms with van der Waals surface area (Å²) < 4.78 is 1.96. The highest BCUT2D eigenvalue weighted by Crippen LogP contribution is 2.26. The maximum atomic E-state index is 6.27. The molecule has 106 valence electrons. The van der Waals surface area contributed by atoms with Gasteiger partial charge in [-0.3, -0.25) is 0 Å². The third kappa shape index (κ3) is 2.60. The fourth-order valence-corrected chi connectivity index (χ4v) is 2.58. The zero-order valence-corrected chi connectivity index (χ0v) is 13.0. The molecule has 1 N–H and O–H groups in total. The summed E-state index contributed by atoms with van der Waals surface area (Å²) in [6, 6.07) is 7.19. The summed E-state index contributed by atoms with van der Waals surface area (Å²) in [6.45, 7) is 6.97. The summed E-state index contributed by atoms with van der Waals surface area (Å²) in [4.78, 5) is 0. The second kappa shape index (κ2) is 5.23. The Hall–Kier alpha value is -1.32. The third-order valence-electron chi connectivity index (χ3n) is 3.82. The number of hydrogen-bond donors (Lipinski definition) is 1. The number of aromatic nitrogens is 2. The fourth-order valence-electron chi connectivity index (χ4n) is 2.46. The molecule has 2 aromatic rings. The van der Waals surface area contributed by atoms with Crippen LogP contribution in [-0.2, 0) is 6.54 Å². The standard InChI is InChI=1S/C16H20ClN3/c1-10-4-7-15(13(8-10)9-18-14-5-6-14)20-12(3)16(17)11(2)19-20/h4,7-8,14,18H,5-6,9H2,1-3H3. The molecule has 4 heteroatoms. The zero-order valence-electron chi connectivity index (χ0n) is 12.2.